The van der Waals surface area contributed by atoms with Crippen molar-refractivity contribution in [2.45, 2.75) is 6.42 Å². The lowest BCUT2D eigenvalue weighted by Gasteiger charge is -2.20. The molecule has 0 bridgehead atoms. The maximum atomic E-state index is 12.7. The van der Waals surface area contributed by atoms with Gasteiger partial charge in [-0.15, -0.1) is 0 Å². The zero-order chi connectivity index (χ0) is 15.8. The number of fused-ring (bicyclic) bond motifs is 2. The quantitative estimate of drug-likeness (QED) is 0.568. The number of hydrogen-bond donors (Lipinski definition) is 2. The minimum atomic E-state index is 0.0569. The van der Waals surface area contributed by atoms with Gasteiger partial charge < -0.3 is 10.4 Å². The summed E-state index contributed by atoms with van der Waals surface area (Å²) in [7, 11) is 0. The lowest BCUT2D eigenvalue weighted by molar-refractivity contribution is 0.104. The summed E-state index contributed by atoms with van der Waals surface area (Å²) < 4.78 is 0. The van der Waals surface area contributed by atoms with E-state index in [0.717, 1.165) is 33.4 Å². The lowest BCUT2D eigenvalue weighted by Crippen LogP contribution is -2.11. The van der Waals surface area contributed by atoms with Gasteiger partial charge in [0.05, 0.1) is 5.52 Å². The molecule has 1 heterocycles. The van der Waals surface area contributed by atoms with Crippen LogP contribution in [0.25, 0.3) is 22.0 Å². The second-order valence-electron chi connectivity index (χ2n) is 5.63. The number of nitrogens with zero attached hydrogens (tertiary/aromatic N) is 1. The van der Waals surface area contributed by atoms with Crippen LogP contribution in [0.4, 0.5) is 5.82 Å². The number of carbonyl (C=O) groups excluding carboxylic acids is 1. The summed E-state index contributed by atoms with van der Waals surface area (Å²) in [4.78, 5) is 17.3. The van der Waals surface area contributed by atoms with Gasteiger partial charge in [-0.05, 0) is 29.7 Å². The van der Waals surface area contributed by atoms with E-state index in [9.17, 15) is 4.79 Å². The van der Waals surface area contributed by atoms with E-state index in [1.165, 1.54) is 0 Å². The molecule has 1 aliphatic carbocycles. The van der Waals surface area contributed by atoms with Crippen LogP contribution < -0.4 is 5.32 Å². The average Bonchev–Trinajstić information content (AvgIpc) is 2.59. The monoisotopic (exact) mass is 304 g/mol. The fourth-order valence-electron chi connectivity index (χ4n) is 3.14. The highest BCUT2D eigenvalue weighted by Gasteiger charge is 2.25. The Kier molecular flexibility index (Phi) is 3.32. The van der Waals surface area contributed by atoms with Crippen LogP contribution in [0.1, 0.15) is 22.3 Å². The number of benzene rings is 2. The topological polar surface area (TPSA) is 62.2 Å². The van der Waals surface area contributed by atoms with E-state index < -0.39 is 0 Å². The lowest BCUT2D eigenvalue weighted by atomic mass is 9.84. The molecule has 1 aromatic heterocycles. The highest BCUT2D eigenvalue weighted by molar-refractivity contribution is 6.25. The van der Waals surface area contributed by atoms with Crippen molar-refractivity contribution in [2.24, 2.45) is 0 Å². The molecular formula is C19H16N2O2. The highest BCUT2D eigenvalue weighted by Crippen LogP contribution is 2.39. The molecule has 2 N–H and O–H groups in total. The van der Waals surface area contributed by atoms with Gasteiger partial charge in [0.15, 0.2) is 5.78 Å². The van der Waals surface area contributed by atoms with Crippen molar-refractivity contribution in [3.63, 3.8) is 0 Å². The summed E-state index contributed by atoms with van der Waals surface area (Å²) in [6, 6.07) is 15.4. The van der Waals surface area contributed by atoms with Crippen molar-refractivity contribution in [2.75, 3.05) is 18.5 Å². The van der Waals surface area contributed by atoms with Crippen LogP contribution in [0.5, 0.6) is 0 Å². The van der Waals surface area contributed by atoms with Gasteiger partial charge in [-0.3, -0.25) is 4.79 Å². The third-order valence-corrected chi connectivity index (χ3v) is 4.18. The third kappa shape index (κ3) is 2.19. The van der Waals surface area contributed by atoms with Gasteiger partial charge in [-0.1, -0.05) is 36.4 Å². The SMILES string of the molecule is O=C1c2ccccc2-c2cc(NCCCO)nc3cccc1c23. The first-order valence-electron chi connectivity index (χ1n) is 7.72. The second-order valence-corrected chi connectivity index (χ2v) is 5.63. The van der Waals surface area contributed by atoms with Gasteiger partial charge in [-0.2, -0.15) is 0 Å². The Morgan fingerprint density at radius 2 is 1.74 bits per heavy atom. The van der Waals surface area contributed by atoms with Crippen molar-refractivity contribution in [1.29, 1.82) is 0 Å². The smallest absolute Gasteiger partial charge is 0.194 e. The summed E-state index contributed by atoms with van der Waals surface area (Å²) in [5, 5.41) is 13.1. The first kappa shape index (κ1) is 13.9. The van der Waals surface area contributed by atoms with Crippen LogP contribution in [0.15, 0.2) is 48.5 Å². The van der Waals surface area contributed by atoms with Crippen LogP contribution >= 0.6 is 0 Å². The van der Waals surface area contributed by atoms with Gasteiger partial charge in [0.2, 0.25) is 0 Å². The Bertz CT molecular complexity index is 918. The van der Waals surface area contributed by atoms with Crippen LogP contribution in [0.2, 0.25) is 0 Å². The third-order valence-electron chi connectivity index (χ3n) is 4.18. The Balaban J connectivity index is 1.95. The molecule has 0 saturated heterocycles. The number of rotatable bonds is 4. The first-order valence-corrected chi connectivity index (χ1v) is 7.72. The van der Waals surface area contributed by atoms with E-state index in [2.05, 4.69) is 10.3 Å². The number of pyridine rings is 1. The van der Waals surface area contributed by atoms with Gasteiger partial charge in [0.25, 0.3) is 0 Å². The molecule has 0 spiro atoms. The predicted molar refractivity (Wildman–Crippen MR) is 90.8 cm³/mol. The van der Waals surface area contributed by atoms with Crippen molar-refractivity contribution in [3.05, 3.63) is 59.7 Å². The molecule has 0 amide bonds. The minimum absolute atomic E-state index is 0.0569. The van der Waals surface area contributed by atoms with Crippen molar-refractivity contribution < 1.29 is 9.90 Å². The Morgan fingerprint density at radius 1 is 0.957 bits per heavy atom. The molecule has 3 aromatic rings. The minimum Gasteiger partial charge on any atom is -0.396 e. The Morgan fingerprint density at radius 3 is 2.57 bits per heavy atom. The van der Waals surface area contributed by atoms with E-state index >= 15 is 0 Å². The van der Waals surface area contributed by atoms with Gasteiger partial charge in [0, 0.05) is 29.7 Å². The molecule has 4 rings (SSSR count). The fraction of sp³-hybridized carbons (Fsp3) is 0.158. The molecule has 1 aliphatic rings. The molecule has 0 aliphatic heterocycles. The van der Waals surface area contributed by atoms with Crippen molar-refractivity contribution in [1.82, 2.24) is 4.98 Å². The number of aliphatic hydroxyl groups is 1. The first-order chi connectivity index (χ1) is 11.3. The molecule has 4 nitrogen and oxygen atoms in total. The Labute approximate surface area is 133 Å². The van der Waals surface area contributed by atoms with Gasteiger partial charge in [0.1, 0.15) is 5.82 Å². The summed E-state index contributed by atoms with van der Waals surface area (Å²) >= 11 is 0. The molecule has 4 heteroatoms. The zero-order valence-electron chi connectivity index (χ0n) is 12.5. The molecule has 2 aromatic carbocycles. The van der Waals surface area contributed by atoms with Crippen molar-refractivity contribution >= 4 is 22.5 Å². The highest BCUT2D eigenvalue weighted by atomic mass is 16.3. The fourth-order valence-corrected chi connectivity index (χ4v) is 3.14. The van der Waals surface area contributed by atoms with Crippen LogP contribution in [0.3, 0.4) is 0 Å². The molecule has 0 fully saturated rings. The maximum absolute atomic E-state index is 12.7. The van der Waals surface area contributed by atoms with E-state index in [0.29, 0.717) is 18.5 Å². The van der Waals surface area contributed by atoms with Crippen LogP contribution in [0, 0.1) is 0 Å². The number of anilines is 1. The van der Waals surface area contributed by atoms with E-state index in [-0.39, 0.29) is 12.4 Å². The number of aliphatic hydroxyl groups excluding tert-OH is 1. The number of hydrogen-bond acceptors (Lipinski definition) is 4. The molecule has 0 atom stereocenters. The molecular weight excluding hydrogens is 288 g/mol. The van der Waals surface area contributed by atoms with Gasteiger partial charge >= 0.3 is 0 Å². The van der Waals surface area contributed by atoms with E-state index in [1.54, 1.807) is 0 Å². The zero-order valence-corrected chi connectivity index (χ0v) is 12.5. The van der Waals surface area contributed by atoms with Crippen LogP contribution in [-0.2, 0) is 0 Å². The second kappa shape index (κ2) is 5.48. The molecule has 23 heavy (non-hydrogen) atoms. The predicted octanol–water partition coefficient (Wildman–Crippen LogP) is 3.24. The number of ketones is 1. The van der Waals surface area contributed by atoms with Crippen LogP contribution in [-0.4, -0.2) is 29.0 Å². The van der Waals surface area contributed by atoms with Crippen molar-refractivity contribution in [3.8, 4) is 11.1 Å². The van der Waals surface area contributed by atoms with Gasteiger partial charge in [-0.25, -0.2) is 4.98 Å². The Hall–Kier alpha value is -2.72. The largest absolute Gasteiger partial charge is 0.396 e. The summed E-state index contributed by atoms with van der Waals surface area (Å²) in [5.74, 6) is 0.823. The number of aromatic nitrogens is 1. The van der Waals surface area contributed by atoms with E-state index in [4.69, 9.17) is 5.11 Å². The normalized spacial score (nSPS) is 12.3. The molecule has 0 radical (unpaired) electrons. The number of nitrogens with one attached hydrogen (secondary N) is 1. The summed E-state index contributed by atoms with van der Waals surface area (Å²) in [6.45, 7) is 0.809. The molecule has 114 valence electrons. The molecule has 0 saturated carbocycles. The van der Waals surface area contributed by atoms with E-state index in [1.807, 2.05) is 48.5 Å². The standard InChI is InChI=1S/C19H16N2O2/c22-10-4-9-20-17-11-15-12-5-1-2-6-13(12)19(23)14-7-3-8-16(21-17)18(14)15/h1-3,5-8,11,22H,4,9-10H2,(H,20,21). The summed E-state index contributed by atoms with van der Waals surface area (Å²) in [5.41, 5.74) is 4.25. The average molecular weight is 304 g/mol. The maximum Gasteiger partial charge on any atom is 0.194 e. The number of carbonyl (C=O) groups is 1. The molecule has 0 unspecified atom stereocenters. The summed E-state index contributed by atoms with van der Waals surface area (Å²) in [6.07, 6.45) is 0.671.